The van der Waals surface area contributed by atoms with Crippen molar-refractivity contribution in [3.63, 3.8) is 0 Å². The minimum absolute atomic E-state index is 0.0246. The van der Waals surface area contributed by atoms with E-state index in [0.717, 1.165) is 24.1 Å². The van der Waals surface area contributed by atoms with Gasteiger partial charge in [-0.2, -0.15) is 0 Å². The zero-order chi connectivity index (χ0) is 26.9. The molecule has 2 amide bonds. The van der Waals surface area contributed by atoms with E-state index in [1.165, 1.54) is 6.08 Å². The third-order valence-corrected chi connectivity index (χ3v) is 7.47. The molecular weight excluding hydrogens is 506 g/mol. The molecular formula is C28H30ClN5O4. The Bertz CT molecular complexity index is 1400. The summed E-state index contributed by atoms with van der Waals surface area (Å²) < 4.78 is 12.0. The third kappa shape index (κ3) is 4.93. The van der Waals surface area contributed by atoms with Crippen molar-refractivity contribution < 1.29 is 19.1 Å². The summed E-state index contributed by atoms with van der Waals surface area (Å²) in [6.07, 6.45) is 6.95. The van der Waals surface area contributed by atoms with Gasteiger partial charge in [0.25, 0.3) is 5.91 Å². The number of halogens is 1. The highest BCUT2D eigenvalue weighted by molar-refractivity contribution is 6.32. The van der Waals surface area contributed by atoms with E-state index in [4.69, 9.17) is 21.1 Å². The number of benzene rings is 1. The van der Waals surface area contributed by atoms with Crippen LogP contribution in [0, 0.1) is 5.41 Å². The van der Waals surface area contributed by atoms with Crippen LogP contribution < -0.4 is 25.4 Å². The molecule has 0 saturated heterocycles. The van der Waals surface area contributed by atoms with E-state index >= 15 is 0 Å². The molecule has 1 aliphatic heterocycles. The molecule has 9 nitrogen and oxygen atoms in total. The molecule has 1 aromatic carbocycles. The predicted molar refractivity (Wildman–Crippen MR) is 146 cm³/mol. The van der Waals surface area contributed by atoms with Crippen molar-refractivity contribution in [2.45, 2.75) is 32.3 Å². The first-order valence-electron chi connectivity index (χ1n) is 12.5. The maximum absolute atomic E-state index is 13.0. The van der Waals surface area contributed by atoms with Gasteiger partial charge >= 0.3 is 0 Å². The number of rotatable bonds is 10. The number of H-pyrrole nitrogens is 1. The number of pyridine rings is 1. The van der Waals surface area contributed by atoms with Gasteiger partial charge in [0.2, 0.25) is 5.91 Å². The lowest BCUT2D eigenvalue weighted by atomic mass is 10.0. The molecule has 2 aromatic heterocycles. The number of amides is 2. The molecule has 0 bridgehead atoms. The summed E-state index contributed by atoms with van der Waals surface area (Å²) in [5.41, 5.74) is 4.06. The van der Waals surface area contributed by atoms with Crippen molar-refractivity contribution in [3.8, 4) is 22.8 Å². The van der Waals surface area contributed by atoms with Crippen LogP contribution in [0.4, 0.5) is 11.4 Å². The van der Waals surface area contributed by atoms with Crippen LogP contribution in [0.3, 0.4) is 0 Å². The molecule has 1 saturated carbocycles. The van der Waals surface area contributed by atoms with Crippen LogP contribution in [0.25, 0.3) is 11.3 Å². The average molecular weight is 536 g/mol. The van der Waals surface area contributed by atoms with Crippen molar-refractivity contribution in [3.05, 3.63) is 65.6 Å². The number of methoxy groups -OCH3 is 1. The number of para-hydroxylation sites is 1. The monoisotopic (exact) mass is 535 g/mol. The number of anilines is 2. The molecule has 2 aliphatic rings. The Kier molecular flexibility index (Phi) is 7.03. The van der Waals surface area contributed by atoms with Crippen molar-refractivity contribution in [2.75, 3.05) is 25.5 Å². The highest BCUT2D eigenvalue weighted by Crippen LogP contribution is 2.52. The highest BCUT2D eigenvalue weighted by atomic mass is 35.5. The number of nitrogens with one attached hydrogen (secondary N) is 4. The third-order valence-electron chi connectivity index (χ3n) is 7.17. The van der Waals surface area contributed by atoms with E-state index in [0.29, 0.717) is 58.7 Å². The molecule has 1 fully saturated rings. The number of nitrogens with zero attached hydrogens (tertiary/aromatic N) is 1. The van der Waals surface area contributed by atoms with Crippen LogP contribution in [0.5, 0.6) is 11.5 Å². The fourth-order valence-corrected chi connectivity index (χ4v) is 5.10. The van der Waals surface area contributed by atoms with Crippen LogP contribution >= 0.6 is 11.6 Å². The van der Waals surface area contributed by atoms with E-state index in [2.05, 4.69) is 39.4 Å². The zero-order valence-corrected chi connectivity index (χ0v) is 22.1. The molecule has 1 aliphatic carbocycles. The lowest BCUT2D eigenvalue weighted by Gasteiger charge is -2.18. The SMILES string of the molecule is C=CC(=O)NCC[C@@]1(C)CC1Oc1cnccc1-c1[nH]c2c(c1Nc1cccc(Cl)c1OC)C(=O)NCC2. The van der Waals surface area contributed by atoms with E-state index in [1.54, 1.807) is 25.6 Å². The van der Waals surface area contributed by atoms with Crippen LogP contribution in [0.1, 0.15) is 35.8 Å². The number of aromatic nitrogens is 2. The number of carbonyl (C=O) groups is 2. The Labute approximate surface area is 226 Å². The molecule has 0 radical (unpaired) electrons. The lowest BCUT2D eigenvalue weighted by molar-refractivity contribution is -0.116. The molecule has 1 unspecified atom stereocenters. The number of aromatic amines is 1. The Balaban J connectivity index is 1.47. The van der Waals surface area contributed by atoms with Crippen molar-refractivity contribution in [1.29, 1.82) is 0 Å². The number of hydrogen-bond acceptors (Lipinski definition) is 6. The van der Waals surface area contributed by atoms with Gasteiger partial charge in [-0.1, -0.05) is 31.2 Å². The first-order valence-corrected chi connectivity index (χ1v) is 12.9. The standard InChI is InChI=1S/C28H30ClN5O4/c1-4-22(35)31-13-10-28(2)14-21(28)38-20-15-30-11-8-16(20)24-25(23-18(33-24)9-12-32-27(23)36)34-19-7-5-6-17(29)26(19)37-3/h4-8,11,15,21,33-34H,1,9-10,12-14H2,2-3H3,(H,31,35)(H,32,36)/t21?,28-/m0/s1. The smallest absolute Gasteiger partial charge is 0.255 e. The maximum Gasteiger partial charge on any atom is 0.255 e. The maximum atomic E-state index is 13.0. The Morgan fingerprint density at radius 1 is 1.37 bits per heavy atom. The van der Waals surface area contributed by atoms with Crippen LogP contribution in [-0.2, 0) is 11.2 Å². The van der Waals surface area contributed by atoms with Crippen LogP contribution in [0.15, 0.2) is 49.3 Å². The number of fused-ring (bicyclic) bond motifs is 1. The molecule has 38 heavy (non-hydrogen) atoms. The first kappa shape index (κ1) is 25.7. The first-order chi connectivity index (χ1) is 18.3. The van der Waals surface area contributed by atoms with Crippen molar-refractivity contribution in [1.82, 2.24) is 20.6 Å². The quantitative estimate of drug-likeness (QED) is 0.281. The molecule has 4 N–H and O–H groups in total. The summed E-state index contributed by atoms with van der Waals surface area (Å²) in [5, 5.41) is 9.62. The minimum Gasteiger partial charge on any atom is -0.493 e. The highest BCUT2D eigenvalue weighted by Gasteiger charge is 2.52. The second-order valence-corrected chi connectivity index (χ2v) is 10.2. The summed E-state index contributed by atoms with van der Waals surface area (Å²) in [7, 11) is 1.55. The molecule has 0 spiro atoms. The van der Waals surface area contributed by atoms with Gasteiger partial charge in [-0.25, -0.2) is 0 Å². The number of carbonyl (C=O) groups excluding carboxylic acids is 2. The predicted octanol–water partition coefficient (Wildman–Crippen LogP) is 4.62. The summed E-state index contributed by atoms with van der Waals surface area (Å²) in [5.74, 6) is 0.744. The van der Waals surface area contributed by atoms with Crippen molar-refractivity contribution in [2.24, 2.45) is 5.41 Å². The summed E-state index contributed by atoms with van der Waals surface area (Å²) in [6, 6.07) is 7.28. The summed E-state index contributed by atoms with van der Waals surface area (Å²) >= 11 is 6.37. The molecule has 2 atom stereocenters. The van der Waals surface area contributed by atoms with Crippen molar-refractivity contribution >= 4 is 34.8 Å². The van der Waals surface area contributed by atoms with E-state index in [-0.39, 0.29) is 23.3 Å². The second kappa shape index (κ2) is 10.4. The number of ether oxygens (including phenoxy) is 2. The molecule has 3 heterocycles. The van der Waals surface area contributed by atoms with Gasteiger partial charge in [0.05, 0.1) is 41.0 Å². The Morgan fingerprint density at radius 2 is 2.21 bits per heavy atom. The average Bonchev–Trinajstić information content (AvgIpc) is 3.38. The van der Waals surface area contributed by atoms with Gasteiger partial charge in [0.15, 0.2) is 5.75 Å². The molecule has 3 aromatic rings. The van der Waals surface area contributed by atoms with Gasteiger partial charge in [0.1, 0.15) is 11.9 Å². The van der Waals surface area contributed by atoms with Gasteiger partial charge in [-0.15, -0.1) is 0 Å². The minimum atomic E-state index is -0.183. The van der Waals surface area contributed by atoms with Gasteiger partial charge in [0, 0.05) is 42.4 Å². The van der Waals surface area contributed by atoms with Gasteiger partial charge in [-0.05, 0) is 37.1 Å². The normalized spacial score (nSPS) is 19.7. The zero-order valence-electron chi connectivity index (χ0n) is 21.3. The fraction of sp³-hybridized carbons (Fsp3) is 0.321. The van der Waals surface area contributed by atoms with Crippen LogP contribution in [0.2, 0.25) is 5.02 Å². The van der Waals surface area contributed by atoms with Crippen LogP contribution in [-0.4, -0.2) is 48.1 Å². The molecule has 10 heteroatoms. The van der Waals surface area contributed by atoms with Gasteiger partial charge in [-0.3, -0.25) is 14.6 Å². The summed E-state index contributed by atoms with van der Waals surface area (Å²) in [6.45, 7) is 6.73. The number of hydrogen-bond donors (Lipinski definition) is 4. The largest absolute Gasteiger partial charge is 0.493 e. The summed E-state index contributed by atoms with van der Waals surface area (Å²) in [4.78, 5) is 32.3. The second-order valence-electron chi connectivity index (χ2n) is 9.76. The van der Waals surface area contributed by atoms with E-state index < -0.39 is 0 Å². The molecule has 198 valence electrons. The Hall–Kier alpha value is -3.98. The van der Waals surface area contributed by atoms with E-state index in [9.17, 15) is 9.59 Å². The van der Waals surface area contributed by atoms with E-state index in [1.807, 2.05) is 18.2 Å². The lowest BCUT2D eigenvalue weighted by Crippen LogP contribution is -2.31. The fourth-order valence-electron chi connectivity index (χ4n) is 4.84. The Morgan fingerprint density at radius 3 is 3.00 bits per heavy atom. The van der Waals surface area contributed by atoms with Gasteiger partial charge < -0.3 is 30.4 Å². The topological polar surface area (TPSA) is 117 Å². The molecule has 5 rings (SSSR count).